The third-order valence-corrected chi connectivity index (χ3v) is 4.18. The van der Waals surface area contributed by atoms with E-state index in [0.717, 1.165) is 18.7 Å². The summed E-state index contributed by atoms with van der Waals surface area (Å²) in [6, 6.07) is 6.34. The molecule has 1 N–H and O–H groups in total. The van der Waals surface area contributed by atoms with E-state index in [1.807, 2.05) is 5.38 Å². The Morgan fingerprint density at radius 1 is 1.28 bits per heavy atom. The molecule has 0 aliphatic carbocycles. The molecule has 4 heteroatoms. The lowest BCUT2D eigenvalue weighted by molar-refractivity contribution is 0.325. The first-order valence-electron chi connectivity index (χ1n) is 5.66. The lowest BCUT2D eigenvalue weighted by Gasteiger charge is -2.13. The second-order valence-corrected chi connectivity index (χ2v) is 6.04. The fourth-order valence-corrected chi connectivity index (χ4v) is 3.34. The van der Waals surface area contributed by atoms with Crippen molar-refractivity contribution in [2.45, 2.75) is 13.1 Å². The van der Waals surface area contributed by atoms with Crippen LogP contribution in [0.3, 0.4) is 0 Å². The predicted molar refractivity (Wildman–Crippen MR) is 77.8 cm³/mol. The molecule has 0 saturated carbocycles. The zero-order chi connectivity index (χ0) is 12.8. The van der Waals surface area contributed by atoms with Gasteiger partial charge in [-0.1, -0.05) is 17.9 Å². The summed E-state index contributed by atoms with van der Waals surface area (Å²) in [7, 11) is 2.12. The molecule has 2 aromatic heterocycles. The molecule has 0 aromatic carbocycles. The summed E-state index contributed by atoms with van der Waals surface area (Å²) in [6.07, 6.45) is 0. The van der Waals surface area contributed by atoms with Crippen LogP contribution >= 0.6 is 22.7 Å². The molecular formula is C14H15NOS2. The molecule has 0 bridgehead atoms. The highest BCUT2D eigenvalue weighted by molar-refractivity contribution is 7.10. The van der Waals surface area contributed by atoms with Crippen LogP contribution in [-0.2, 0) is 13.1 Å². The molecule has 0 saturated heterocycles. The lowest BCUT2D eigenvalue weighted by Crippen LogP contribution is -2.15. The van der Waals surface area contributed by atoms with Crippen molar-refractivity contribution >= 4 is 22.7 Å². The summed E-state index contributed by atoms with van der Waals surface area (Å²) in [5.41, 5.74) is 0.994. The normalized spacial score (nSPS) is 10.4. The molecule has 0 amide bonds. The first kappa shape index (κ1) is 13.3. The molecule has 2 rings (SSSR count). The van der Waals surface area contributed by atoms with Gasteiger partial charge in [0.1, 0.15) is 6.61 Å². The number of hydrogen-bond acceptors (Lipinski definition) is 4. The van der Waals surface area contributed by atoms with Crippen molar-refractivity contribution in [1.82, 2.24) is 4.90 Å². The predicted octanol–water partition coefficient (Wildman–Crippen LogP) is 2.79. The average Bonchev–Trinajstić information content (AvgIpc) is 2.98. The van der Waals surface area contributed by atoms with E-state index >= 15 is 0 Å². The first-order valence-corrected chi connectivity index (χ1v) is 7.42. The molecule has 0 atom stereocenters. The summed E-state index contributed by atoms with van der Waals surface area (Å²) in [5, 5.41) is 12.8. The van der Waals surface area contributed by atoms with Gasteiger partial charge in [0.05, 0.1) is 0 Å². The van der Waals surface area contributed by atoms with Gasteiger partial charge >= 0.3 is 0 Å². The van der Waals surface area contributed by atoms with Crippen LogP contribution in [0.2, 0.25) is 0 Å². The zero-order valence-corrected chi connectivity index (χ0v) is 11.9. The number of hydrogen-bond donors (Lipinski definition) is 1. The Balaban J connectivity index is 1.90. The van der Waals surface area contributed by atoms with E-state index in [4.69, 9.17) is 5.11 Å². The van der Waals surface area contributed by atoms with Crippen molar-refractivity contribution in [2.75, 3.05) is 13.7 Å². The van der Waals surface area contributed by atoms with E-state index in [1.165, 1.54) is 9.75 Å². The van der Waals surface area contributed by atoms with Crippen molar-refractivity contribution in [1.29, 1.82) is 0 Å². The molecule has 2 nitrogen and oxygen atoms in total. The van der Waals surface area contributed by atoms with Crippen LogP contribution in [0, 0.1) is 11.8 Å². The van der Waals surface area contributed by atoms with Gasteiger partial charge < -0.3 is 5.11 Å². The molecule has 2 aromatic rings. The Morgan fingerprint density at radius 2 is 2.11 bits per heavy atom. The van der Waals surface area contributed by atoms with E-state index in [-0.39, 0.29) is 6.61 Å². The first-order chi connectivity index (χ1) is 8.78. The summed E-state index contributed by atoms with van der Waals surface area (Å²) >= 11 is 3.51. The lowest BCUT2D eigenvalue weighted by atomic mass is 10.3. The third-order valence-electron chi connectivity index (χ3n) is 2.40. The van der Waals surface area contributed by atoms with Crippen molar-refractivity contribution in [3.63, 3.8) is 0 Å². The third kappa shape index (κ3) is 3.97. The van der Waals surface area contributed by atoms with Gasteiger partial charge in [-0.3, -0.25) is 4.90 Å². The van der Waals surface area contributed by atoms with E-state index in [0.29, 0.717) is 0 Å². The molecule has 0 aliphatic heterocycles. The maximum absolute atomic E-state index is 8.65. The van der Waals surface area contributed by atoms with Crippen molar-refractivity contribution in [3.05, 3.63) is 44.3 Å². The molecular weight excluding hydrogens is 262 g/mol. The molecule has 2 heterocycles. The minimum absolute atomic E-state index is 0.0799. The largest absolute Gasteiger partial charge is 0.384 e. The van der Waals surface area contributed by atoms with Gasteiger partial charge in [-0.25, -0.2) is 0 Å². The number of thiophene rings is 2. The van der Waals surface area contributed by atoms with Crippen molar-refractivity contribution in [2.24, 2.45) is 0 Å². The quantitative estimate of drug-likeness (QED) is 0.869. The zero-order valence-electron chi connectivity index (χ0n) is 10.2. The Kier molecular flexibility index (Phi) is 4.97. The maximum atomic E-state index is 8.65. The number of aliphatic hydroxyl groups is 1. The maximum Gasteiger partial charge on any atom is 0.104 e. The van der Waals surface area contributed by atoms with Crippen LogP contribution < -0.4 is 0 Å². The monoisotopic (exact) mass is 277 g/mol. The SMILES string of the molecule is CN(Cc1cccs1)Cc1cc(C#CCO)cs1. The van der Waals surface area contributed by atoms with Gasteiger partial charge in [-0.2, -0.15) is 0 Å². The number of nitrogens with zero attached hydrogens (tertiary/aromatic N) is 1. The van der Waals surface area contributed by atoms with Crippen LogP contribution in [0.25, 0.3) is 0 Å². The molecule has 0 radical (unpaired) electrons. The van der Waals surface area contributed by atoms with E-state index in [2.05, 4.69) is 47.4 Å². The highest BCUT2D eigenvalue weighted by Gasteiger charge is 2.04. The molecule has 0 fully saturated rings. The second kappa shape index (κ2) is 6.72. The molecule has 0 unspecified atom stereocenters. The topological polar surface area (TPSA) is 23.5 Å². The van der Waals surface area contributed by atoms with E-state index in [1.54, 1.807) is 22.7 Å². The fraction of sp³-hybridized carbons (Fsp3) is 0.286. The van der Waals surface area contributed by atoms with Gasteiger partial charge in [-0.15, -0.1) is 22.7 Å². The van der Waals surface area contributed by atoms with E-state index in [9.17, 15) is 0 Å². The fourth-order valence-electron chi connectivity index (χ4n) is 1.66. The number of aliphatic hydroxyl groups excluding tert-OH is 1. The Morgan fingerprint density at radius 3 is 2.83 bits per heavy atom. The minimum atomic E-state index is -0.0799. The van der Waals surface area contributed by atoms with E-state index < -0.39 is 0 Å². The summed E-state index contributed by atoms with van der Waals surface area (Å²) < 4.78 is 0. The van der Waals surface area contributed by atoms with Crippen LogP contribution in [0.15, 0.2) is 29.0 Å². The Hall–Kier alpha value is -1.12. The molecule has 94 valence electrons. The standard InChI is InChI=1S/C14H15NOS2/c1-15(9-13-5-3-7-17-13)10-14-8-12(11-18-14)4-2-6-16/h3,5,7-8,11,16H,6,9-10H2,1H3. The minimum Gasteiger partial charge on any atom is -0.384 e. The van der Waals surface area contributed by atoms with Gasteiger partial charge in [0.25, 0.3) is 0 Å². The summed E-state index contributed by atoms with van der Waals surface area (Å²) in [4.78, 5) is 4.98. The smallest absolute Gasteiger partial charge is 0.104 e. The van der Waals surface area contributed by atoms with Gasteiger partial charge in [0, 0.05) is 33.8 Å². The summed E-state index contributed by atoms with van der Waals surface area (Å²) in [6.45, 7) is 1.83. The highest BCUT2D eigenvalue weighted by Crippen LogP contribution is 2.18. The summed E-state index contributed by atoms with van der Waals surface area (Å²) in [5.74, 6) is 5.60. The van der Waals surface area contributed by atoms with Gasteiger partial charge in [0.2, 0.25) is 0 Å². The molecule has 0 spiro atoms. The van der Waals surface area contributed by atoms with Crippen molar-refractivity contribution in [3.8, 4) is 11.8 Å². The van der Waals surface area contributed by atoms with Crippen LogP contribution in [-0.4, -0.2) is 23.7 Å². The average molecular weight is 277 g/mol. The number of rotatable bonds is 4. The highest BCUT2D eigenvalue weighted by atomic mass is 32.1. The molecule has 0 aliphatic rings. The van der Waals surface area contributed by atoms with Crippen LogP contribution in [0.4, 0.5) is 0 Å². The van der Waals surface area contributed by atoms with Crippen LogP contribution in [0.5, 0.6) is 0 Å². The Bertz CT molecular complexity index is 534. The van der Waals surface area contributed by atoms with Gasteiger partial charge in [-0.05, 0) is 24.6 Å². The Labute approximate surface area is 116 Å². The second-order valence-electron chi connectivity index (χ2n) is 4.01. The van der Waals surface area contributed by atoms with Gasteiger partial charge in [0.15, 0.2) is 0 Å². The van der Waals surface area contributed by atoms with Crippen LogP contribution in [0.1, 0.15) is 15.3 Å². The van der Waals surface area contributed by atoms with Crippen molar-refractivity contribution < 1.29 is 5.11 Å². The molecule has 18 heavy (non-hydrogen) atoms.